The Bertz CT molecular complexity index is 300. The van der Waals surface area contributed by atoms with Crippen molar-refractivity contribution in [3.63, 3.8) is 0 Å². The molecule has 0 aliphatic carbocycles. The van der Waals surface area contributed by atoms with Gasteiger partial charge in [-0.15, -0.1) is 11.6 Å². The molecule has 0 aliphatic rings. The summed E-state index contributed by atoms with van der Waals surface area (Å²) in [5.74, 6) is 0.197. The van der Waals surface area contributed by atoms with Gasteiger partial charge in [-0.1, -0.05) is 18.2 Å². The van der Waals surface area contributed by atoms with Gasteiger partial charge in [-0.25, -0.2) is 0 Å². The molecule has 4 heteroatoms. The van der Waals surface area contributed by atoms with Crippen LogP contribution >= 0.6 is 11.6 Å². The lowest BCUT2D eigenvalue weighted by atomic mass is 10.3. The van der Waals surface area contributed by atoms with Gasteiger partial charge in [0.25, 0.3) is 0 Å². The minimum absolute atomic E-state index is 0.129. The van der Waals surface area contributed by atoms with Crippen molar-refractivity contribution in [2.75, 3.05) is 12.5 Å². The van der Waals surface area contributed by atoms with Gasteiger partial charge in [0.05, 0.1) is 0 Å². The normalized spacial score (nSPS) is 11.9. The Kier molecular flexibility index (Phi) is 4.98. The summed E-state index contributed by atoms with van der Waals surface area (Å²) in [6.45, 7) is 2.08. The molecule has 3 nitrogen and oxygen atoms in total. The highest BCUT2D eigenvalue weighted by atomic mass is 35.5. The fraction of sp³-hybridized carbons (Fsp3) is 0.364. The molecule has 1 rings (SSSR count). The van der Waals surface area contributed by atoms with E-state index in [9.17, 15) is 4.79 Å². The smallest absolute Gasteiger partial charge is 0.321 e. The van der Waals surface area contributed by atoms with Crippen LogP contribution in [0.15, 0.2) is 30.3 Å². The minimum Gasteiger partial charge on any atom is -0.490 e. The number of rotatable bonds is 5. The monoisotopic (exact) mass is 228 g/mol. The second-order valence-corrected chi connectivity index (χ2v) is 3.33. The van der Waals surface area contributed by atoms with Crippen LogP contribution in [0, 0.1) is 0 Å². The number of benzene rings is 1. The highest BCUT2D eigenvalue weighted by Gasteiger charge is 2.08. The third kappa shape index (κ3) is 4.70. The number of esters is 1. The Morgan fingerprint density at radius 1 is 1.40 bits per heavy atom. The Labute approximate surface area is 93.9 Å². The standard InChI is InChI=1S/C11H13ClO3/c1-9(15-11(13)7-12)8-14-10-5-3-2-4-6-10/h2-6,9H,7-8H2,1H3/t9-/m0/s1. The van der Waals surface area contributed by atoms with E-state index in [2.05, 4.69) is 0 Å². The molecule has 82 valence electrons. The lowest BCUT2D eigenvalue weighted by Gasteiger charge is -2.13. The van der Waals surface area contributed by atoms with Crippen LogP contribution in [0.2, 0.25) is 0 Å². The van der Waals surface area contributed by atoms with E-state index in [1.54, 1.807) is 6.92 Å². The van der Waals surface area contributed by atoms with Gasteiger partial charge in [-0.05, 0) is 19.1 Å². The Balaban J connectivity index is 2.28. The molecule has 1 atom stereocenters. The fourth-order valence-corrected chi connectivity index (χ4v) is 1.08. The third-order valence-electron chi connectivity index (χ3n) is 1.67. The van der Waals surface area contributed by atoms with E-state index in [4.69, 9.17) is 21.1 Å². The van der Waals surface area contributed by atoms with E-state index in [0.717, 1.165) is 5.75 Å². The lowest BCUT2D eigenvalue weighted by molar-refractivity contribution is -0.146. The zero-order valence-electron chi connectivity index (χ0n) is 8.48. The van der Waals surface area contributed by atoms with E-state index >= 15 is 0 Å². The van der Waals surface area contributed by atoms with Gasteiger partial charge in [0.1, 0.15) is 24.3 Å². The molecule has 0 heterocycles. The number of carbonyl (C=O) groups excluding carboxylic acids is 1. The summed E-state index contributed by atoms with van der Waals surface area (Å²) in [6, 6.07) is 9.35. The van der Waals surface area contributed by atoms with Gasteiger partial charge in [0.15, 0.2) is 0 Å². The first-order valence-electron chi connectivity index (χ1n) is 4.65. The molecular formula is C11H13ClO3. The van der Waals surface area contributed by atoms with Crippen LogP contribution in [0.25, 0.3) is 0 Å². The van der Waals surface area contributed by atoms with Gasteiger partial charge in [-0.3, -0.25) is 4.79 Å². The van der Waals surface area contributed by atoms with Crippen LogP contribution in [0.5, 0.6) is 5.75 Å². The van der Waals surface area contributed by atoms with E-state index in [-0.39, 0.29) is 12.0 Å². The van der Waals surface area contributed by atoms with E-state index < -0.39 is 5.97 Å². The average Bonchev–Trinajstić information content (AvgIpc) is 2.27. The first-order valence-corrected chi connectivity index (χ1v) is 5.19. The first-order chi connectivity index (χ1) is 7.22. The van der Waals surface area contributed by atoms with Gasteiger partial charge in [0.2, 0.25) is 0 Å². The number of para-hydroxylation sites is 1. The molecule has 0 radical (unpaired) electrons. The highest BCUT2D eigenvalue weighted by Crippen LogP contribution is 2.09. The molecule has 0 unspecified atom stereocenters. The van der Waals surface area contributed by atoms with Gasteiger partial charge in [0, 0.05) is 0 Å². The highest BCUT2D eigenvalue weighted by molar-refractivity contribution is 6.26. The zero-order chi connectivity index (χ0) is 11.1. The summed E-state index contributed by atoms with van der Waals surface area (Å²) in [5.41, 5.74) is 0. The molecular weight excluding hydrogens is 216 g/mol. The summed E-state index contributed by atoms with van der Waals surface area (Å²) in [5, 5.41) is 0. The molecule has 0 amide bonds. The Morgan fingerprint density at radius 3 is 2.67 bits per heavy atom. The number of carbonyl (C=O) groups is 1. The van der Waals surface area contributed by atoms with Gasteiger partial charge >= 0.3 is 5.97 Å². The molecule has 15 heavy (non-hydrogen) atoms. The number of halogens is 1. The van der Waals surface area contributed by atoms with Crippen molar-refractivity contribution in [2.45, 2.75) is 13.0 Å². The maximum atomic E-state index is 10.8. The number of hydrogen-bond acceptors (Lipinski definition) is 3. The van der Waals surface area contributed by atoms with Crippen LogP contribution in [-0.4, -0.2) is 24.6 Å². The van der Waals surface area contributed by atoms with Gasteiger partial charge < -0.3 is 9.47 Å². The summed E-state index contributed by atoms with van der Waals surface area (Å²) in [7, 11) is 0. The van der Waals surface area contributed by atoms with Crippen molar-refractivity contribution < 1.29 is 14.3 Å². The van der Waals surface area contributed by atoms with E-state index in [1.165, 1.54) is 0 Å². The molecule has 1 aromatic rings. The first kappa shape index (κ1) is 11.9. The summed E-state index contributed by atoms with van der Waals surface area (Å²) >= 11 is 5.30. The molecule has 0 bridgehead atoms. The molecule has 0 saturated heterocycles. The molecule has 0 saturated carbocycles. The number of alkyl halides is 1. The second kappa shape index (κ2) is 6.30. The van der Waals surface area contributed by atoms with Crippen LogP contribution < -0.4 is 4.74 Å². The summed E-state index contributed by atoms with van der Waals surface area (Å²) < 4.78 is 10.3. The Hall–Kier alpha value is -1.22. The van der Waals surface area contributed by atoms with Crippen molar-refractivity contribution in [3.05, 3.63) is 30.3 Å². The maximum absolute atomic E-state index is 10.8. The largest absolute Gasteiger partial charge is 0.490 e. The minimum atomic E-state index is -0.430. The van der Waals surface area contributed by atoms with Crippen LogP contribution in [0.1, 0.15) is 6.92 Å². The van der Waals surface area contributed by atoms with Crippen LogP contribution in [0.4, 0.5) is 0 Å². The zero-order valence-corrected chi connectivity index (χ0v) is 9.24. The Morgan fingerprint density at radius 2 is 2.07 bits per heavy atom. The topological polar surface area (TPSA) is 35.5 Å². The van der Waals surface area contributed by atoms with E-state index in [1.807, 2.05) is 30.3 Å². The molecule has 0 aromatic heterocycles. The van der Waals surface area contributed by atoms with Gasteiger partial charge in [-0.2, -0.15) is 0 Å². The van der Waals surface area contributed by atoms with Crippen molar-refractivity contribution in [1.82, 2.24) is 0 Å². The van der Waals surface area contributed by atoms with Crippen molar-refractivity contribution in [3.8, 4) is 5.75 Å². The predicted molar refractivity (Wildman–Crippen MR) is 58.2 cm³/mol. The number of ether oxygens (including phenoxy) is 2. The van der Waals surface area contributed by atoms with Crippen molar-refractivity contribution in [2.24, 2.45) is 0 Å². The fourth-order valence-electron chi connectivity index (χ4n) is 1.02. The predicted octanol–water partition coefficient (Wildman–Crippen LogP) is 2.24. The maximum Gasteiger partial charge on any atom is 0.321 e. The third-order valence-corrected chi connectivity index (χ3v) is 1.89. The van der Waals surface area contributed by atoms with Crippen LogP contribution in [-0.2, 0) is 9.53 Å². The van der Waals surface area contributed by atoms with Crippen molar-refractivity contribution >= 4 is 17.6 Å². The second-order valence-electron chi connectivity index (χ2n) is 3.06. The molecule has 0 fully saturated rings. The van der Waals surface area contributed by atoms with Crippen molar-refractivity contribution in [1.29, 1.82) is 0 Å². The SMILES string of the molecule is C[C@@H](COc1ccccc1)OC(=O)CCl. The number of hydrogen-bond donors (Lipinski definition) is 0. The van der Waals surface area contributed by atoms with Crippen LogP contribution in [0.3, 0.4) is 0 Å². The molecule has 0 aliphatic heterocycles. The average molecular weight is 229 g/mol. The summed E-state index contributed by atoms with van der Waals surface area (Å²) in [6.07, 6.45) is -0.295. The quantitative estimate of drug-likeness (QED) is 0.573. The molecule has 1 aromatic carbocycles. The lowest BCUT2D eigenvalue weighted by Crippen LogP contribution is -2.22. The summed E-state index contributed by atoms with van der Waals surface area (Å²) in [4.78, 5) is 10.8. The van der Waals surface area contributed by atoms with E-state index in [0.29, 0.717) is 6.61 Å². The molecule has 0 N–H and O–H groups in total. The molecule has 0 spiro atoms.